The zero-order valence-corrected chi connectivity index (χ0v) is 18.6. The smallest absolute Gasteiger partial charge is 0.406 e. The molecule has 1 aliphatic heterocycles. The largest absolute Gasteiger partial charge is 0.573 e. The highest BCUT2D eigenvalue weighted by molar-refractivity contribution is 9.10. The van der Waals surface area contributed by atoms with Crippen LogP contribution in [-0.4, -0.2) is 37.3 Å². The van der Waals surface area contributed by atoms with Crippen molar-refractivity contribution >= 4 is 21.8 Å². The Kier molecular flexibility index (Phi) is 5.61. The SMILES string of the molecule is Cc1cn(-c2ccc3n(c2=O)C[C@@H](C)N(Cc2cc(Br)cc(OC(F)(F)F)c2)C3=O)cn1. The van der Waals surface area contributed by atoms with Gasteiger partial charge in [0.2, 0.25) is 0 Å². The van der Waals surface area contributed by atoms with E-state index in [0.29, 0.717) is 15.7 Å². The summed E-state index contributed by atoms with van der Waals surface area (Å²) in [4.78, 5) is 31.8. The summed E-state index contributed by atoms with van der Waals surface area (Å²) in [6.07, 6.45) is -1.57. The fourth-order valence-corrected chi connectivity index (χ4v) is 4.24. The molecule has 32 heavy (non-hydrogen) atoms. The molecule has 7 nitrogen and oxygen atoms in total. The normalized spacial score (nSPS) is 16.2. The summed E-state index contributed by atoms with van der Waals surface area (Å²) in [5.74, 6) is -0.761. The second-order valence-electron chi connectivity index (χ2n) is 7.57. The van der Waals surface area contributed by atoms with Crippen LogP contribution in [0.4, 0.5) is 13.2 Å². The van der Waals surface area contributed by atoms with E-state index in [1.165, 1.54) is 27.9 Å². The predicted molar refractivity (Wildman–Crippen MR) is 113 cm³/mol. The number of aromatic nitrogens is 3. The molecule has 0 aliphatic carbocycles. The van der Waals surface area contributed by atoms with E-state index in [2.05, 4.69) is 25.7 Å². The number of rotatable bonds is 4. The summed E-state index contributed by atoms with van der Waals surface area (Å²) in [6, 6.07) is 6.84. The average Bonchev–Trinajstić information content (AvgIpc) is 3.10. The predicted octanol–water partition coefficient (Wildman–Crippen LogP) is 4.05. The number of hydrogen-bond donors (Lipinski definition) is 0. The zero-order valence-electron chi connectivity index (χ0n) is 17.1. The summed E-state index contributed by atoms with van der Waals surface area (Å²) in [5, 5.41) is 0. The molecule has 0 spiro atoms. The van der Waals surface area contributed by atoms with Crippen molar-refractivity contribution in [2.24, 2.45) is 0 Å². The standard InChI is InChI=1S/C21H18BrF3N4O3/c1-12-8-27(11-26-12)17-3-4-18-20(31)28(13(2)9-29(18)19(17)30)10-14-5-15(22)7-16(6-14)32-21(23,24)25/h3-8,11,13H,9-10H2,1-2H3/t13-/m1/s1. The van der Waals surface area contributed by atoms with E-state index < -0.39 is 6.36 Å². The van der Waals surface area contributed by atoms with E-state index >= 15 is 0 Å². The second kappa shape index (κ2) is 8.12. The van der Waals surface area contributed by atoms with E-state index in [4.69, 9.17) is 0 Å². The van der Waals surface area contributed by atoms with Crippen molar-refractivity contribution in [2.75, 3.05) is 0 Å². The highest BCUT2D eigenvalue weighted by Gasteiger charge is 2.33. The molecule has 0 saturated heterocycles. The van der Waals surface area contributed by atoms with Crippen LogP contribution in [-0.2, 0) is 13.1 Å². The van der Waals surface area contributed by atoms with Crippen LogP contribution in [0.15, 0.2) is 52.1 Å². The molecule has 1 amide bonds. The Balaban J connectivity index is 1.64. The number of alkyl halides is 3. The molecule has 0 saturated carbocycles. The molecule has 0 unspecified atom stereocenters. The van der Waals surface area contributed by atoms with E-state index in [-0.39, 0.29) is 42.0 Å². The Morgan fingerprint density at radius 3 is 2.62 bits per heavy atom. The third-order valence-electron chi connectivity index (χ3n) is 5.12. The van der Waals surface area contributed by atoms with Crippen LogP contribution in [0.5, 0.6) is 5.75 Å². The molecule has 168 valence electrons. The Hall–Kier alpha value is -3.08. The van der Waals surface area contributed by atoms with Gasteiger partial charge in [0, 0.05) is 29.8 Å². The first-order chi connectivity index (χ1) is 15.0. The topological polar surface area (TPSA) is 69.4 Å². The summed E-state index contributed by atoms with van der Waals surface area (Å²) in [6.45, 7) is 3.90. The van der Waals surface area contributed by atoms with Crippen molar-refractivity contribution in [2.45, 2.75) is 39.3 Å². The minimum absolute atomic E-state index is 0.0598. The highest BCUT2D eigenvalue weighted by atomic mass is 79.9. The van der Waals surface area contributed by atoms with Gasteiger partial charge in [-0.3, -0.25) is 9.59 Å². The van der Waals surface area contributed by atoms with Crippen molar-refractivity contribution < 1.29 is 22.7 Å². The van der Waals surface area contributed by atoms with Gasteiger partial charge in [-0.2, -0.15) is 0 Å². The molecule has 2 aromatic heterocycles. The molecule has 0 fully saturated rings. The molecule has 1 aromatic carbocycles. The number of carbonyl (C=O) groups excluding carboxylic acids is 1. The average molecular weight is 511 g/mol. The quantitative estimate of drug-likeness (QED) is 0.531. The van der Waals surface area contributed by atoms with Crippen LogP contribution in [0.25, 0.3) is 5.69 Å². The van der Waals surface area contributed by atoms with E-state index in [9.17, 15) is 22.8 Å². The van der Waals surface area contributed by atoms with Crippen LogP contribution in [0.2, 0.25) is 0 Å². The number of ether oxygens (including phenoxy) is 1. The van der Waals surface area contributed by atoms with Gasteiger partial charge in [-0.1, -0.05) is 15.9 Å². The Bertz CT molecular complexity index is 1250. The molecule has 1 aliphatic rings. The fraction of sp³-hybridized carbons (Fsp3) is 0.286. The maximum atomic E-state index is 13.2. The molecular formula is C21H18BrF3N4O3. The minimum Gasteiger partial charge on any atom is -0.406 e. The maximum Gasteiger partial charge on any atom is 0.573 e. The van der Waals surface area contributed by atoms with Gasteiger partial charge in [-0.15, -0.1) is 13.2 Å². The lowest BCUT2D eigenvalue weighted by Gasteiger charge is -2.35. The van der Waals surface area contributed by atoms with Crippen molar-refractivity contribution in [3.05, 3.63) is 74.6 Å². The van der Waals surface area contributed by atoms with Crippen LogP contribution < -0.4 is 10.3 Å². The Morgan fingerprint density at radius 1 is 1.22 bits per heavy atom. The van der Waals surface area contributed by atoms with Crippen LogP contribution in [0, 0.1) is 6.92 Å². The third-order valence-corrected chi connectivity index (χ3v) is 5.58. The number of amides is 1. The summed E-state index contributed by atoms with van der Waals surface area (Å²) >= 11 is 3.18. The molecule has 3 aromatic rings. The third kappa shape index (κ3) is 4.43. The summed E-state index contributed by atoms with van der Waals surface area (Å²) in [5.41, 5.74) is 1.49. The van der Waals surface area contributed by atoms with Gasteiger partial charge in [-0.25, -0.2) is 4.98 Å². The number of carbonyl (C=O) groups is 1. The maximum absolute atomic E-state index is 13.2. The summed E-state index contributed by atoms with van der Waals surface area (Å²) in [7, 11) is 0. The first kappa shape index (κ1) is 22.1. The monoisotopic (exact) mass is 510 g/mol. The van der Waals surface area contributed by atoms with Crippen LogP contribution in [0.3, 0.4) is 0 Å². The van der Waals surface area contributed by atoms with Crippen molar-refractivity contribution in [3.63, 3.8) is 0 Å². The zero-order chi connectivity index (χ0) is 23.2. The number of aryl methyl sites for hydroxylation is 1. The molecule has 11 heteroatoms. The molecule has 1 atom stereocenters. The minimum atomic E-state index is -4.82. The molecule has 3 heterocycles. The first-order valence-electron chi connectivity index (χ1n) is 9.63. The van der Waals surface area contributed by atoms with Gasteiger partial charge >= 0.3 is 6.36 Å². The number of nitrogens with zero attached hydrogens (tertiary/aromatic N) is 4. The van der Waals surface area contributed by atoms with E-state index in [1.54, 1.807) is 35.9 Å². The fourth-order valence-electron chi connectivity index (χ4n) is 3.72. The van der Waals surface area contributed by atoms with Gasteiger partial charge in [-0.05, 0) is 49.7 Å². The van der Waals surface area contributed by atoms with Crippen LogP contribution >= 0.6 is 15.9 Å². The van der Waals surface area contributed by atoms with Gasteiger partial charge in [0.05, 0.1) is 12.0 Å². The van der Waals surface area contributed by atoms with Gasteiger partial charge in [0.1, 0.15) is 17.1 Å². The first-order valence-corrected chi connectivity index (χ1v) is 10.4. The highest BCUT2D eigenvalue weighted by Crippen LogP contribution is 2.29. The van der Waals surface area contributed by atoms with Crippen LogP contribution in [0.1, 0.15) is 28.7 Å². The van der Waals surface area contributed by atoms with Gasteiger partial charge < -0.3 is 18.8 Å². The number of imidazole rings is 1. The lowest BCUT2D eigenvalue weighted by molar-refractivity contribution is -0.274. The number of halogens is 4. The van der Waals surface area contributed by atoms with E-state index in [1.807, 2.05) is 6.92 Å². The lowest BCUT2D eigenvalue weighted by atomic mass is 10.1. The number of fused-ring (bicyclic) bond motifs is 1. The number of benzene rings is 1. The molecule has 0 bridgehead atoms. The van der Waals surface area contributed by atoms with E-state index in [0.717, 1.165) is 5.69 Å². The molecule has 0 radical (unpaired) electrons. The number of hydrogen-bond acceptors (Lipinski definition) is 4. The second-order valence-corrected chi connectivity index (χ2v) is 8.48. The van der Waals surface area contributed by atoms with Crippen molar-refractivity contribution in [3.8, 4) is 11.4 Å². The van der Waals surface area contributed by atoms with Crippen molar-refractivity contribution in [1.82, 2.24) is 19.0 Å². The van der Waals surface area contributed by atoms with Crippen molar-refractivity contribution in [1.29, 1.82) is 0 Å². The molecule has 4 rings (SSSR count). The Morgan fingerprint density at radius 2 is 1.97 bits per heavy atom. The van der Waals surface area contributed by atoms with Gasteiger partial charge in [0.25, 0.3) is 11.5 Å². The summed E-state index contributed by atoms with van der Waals surface area (Å²) < 4.78 is 45.3. The lowest BCUT2D eigenvalue weighted by Crippen LogP contribution is -2.49. The Labute approximate surface area is 189 Å². The number of pyridine rings is 1. The van der Waals surface area contributed by atoms with Gasteiger partial charge in [0.15, 0.2) is 0 Å². The molecular weight excluding hydrogens is 493 g/mol. The molecule has 0 N–H and O–H groups in total.